The maximum Gasteiger partial charge on any atom is 0.325 e. The molecule has 9 heteroatoms. The number of hydrogen-bond donors (Lipinski definition) is 2. The van der Waals surface area contributed by atoms with Crippen LogP contribution in [0.3, 0.4) is 0 Å². The molecule has 2 heterocycles. The van der Waals surface area contributed by atoms with Crippen molar-refractivity contribution in [2.75, 3.05) is 18.7 Å². The molecular weight excluding hydrogens is 369 g/mol. The van der Waals surface area contributed by atoms with Crippen LogP contribution in [-0.2, 0) is 15.1 Å². The minimum absolute atomic E-state index is 0.0888. The molecule has 0 spiro atoms. The maximum absolute atomic E-state index is 12.9. The Bertz CT molecular complexity index is 978. The number of nitrogens with one attached hydrogen (secondary N) is 2. The summed E-state index contributed by atoms with van der Waals surface area (Å²) in [6.07, 6.45) is 0. The van der Waals surface area contributed by atoms with Crippen molar-refractivity contribution < 1.29 is 28.2 Å². The van der Waals surface area contributed by atoms with Crippen LogP contribution in [0, 0.1) is 5.82 Å². The van der Waals surface area contributed by atoms with E-state index in [4.69, 9.17) is 9.47 Å². The molecule has 4 amide bonds. The Balaban J connectivity index is 1.50. The van der Waals surface area contributed by atoms with Crippen LogP contribution in [0.2, 0.25) is 0 Å². The predicted octanol–water partition coefficient (Wildman–Crippen LogP) is 1.96. The number of urea groups is 1. The van der Waals surface area contributed by atoms with E-state index in [9.17, 15) is 18.8 Å². The zero-order chi connectivity index (χ0) is 19.9. The molecule has 8 nitrogen and oxygen atoms in total. The first kappa shape index (κ1) is 17.8. The first-order valence-corrected chi connectivity index (χ1v) is 8.46. The number of carbonyl (C=O) groups excluding carboxylic acids is 3. The molecule has 0 saturated carbocycles. The normalized spacial score (nSPS) is 20.3. The molecule has 2 N–H and O–H groups in total. The first-order chi connectivity index (χ1) is 13.4. The average Bonchev–Trinajstić information content (AvgIpc) is 3.22. The van der Waals surface area contributed by atoms with Crippen LogP contribution in [0.4, 0.5) is 14.9 Å². The van der Waals surface area contributed by atoms with Gasteiger partial charge in [0.15, 0.2) is 11.5 Å². The topological polar surface area (TPSA) is 97.0 Å². The third kappa shape index (κ3) is 3.00. The summed E-state index contributed by atoms with van der Waals surface area (Å²) < 4.78 is 23.5. The number of fused-ring (bicyclic) bond motifs is 1. The molecule has 0 aromatic heterocycles. The van der Waals surface area contributed by atoms with Gasteiger partial charge in [0.25, 0.3) is 5.91 Å². The molecule has 1 atom stereocenters. The van der Waals surface area contributed by atoms with E-state index in [1.165, 1.54) is 24.3 Å². The standard InChI is InChI=1S/C19H16FN3O5/c1-19(11-2-7-14-15(8-11)28-10-27-14)17(25)23(18(26)22-19)9-16(24)21-13-5-3-12(20)4-6-13/h2-8H,9-10H2,1H3,(H,21,24)(H,22,26)/t19-/m0/s1. The highest BCUT2D eigenvalue weighted by molar-refractivity contribution is 6.10. The van der Waals surface area contributed by atoms with Gasteiger partial charge in [-0.25, -0.2) is 9.18 Å². The second-order valence-corrected chi connectivity index (χ2v) is 6.57. The Morgan fingerprint density at radius 1 is 1.18 bits per heavy atom. The van der Waals surface area contributed by atoms with Crippen molar-refractivity contribution in [1.29, 1.82) is 0 Å². The van der Waals surface area contributed by atoms with E-state index in [2.05, 4.69) is 10.6 Å². The summed E-state index contributed by atoms with van der Waals surface area (Å²) in [6.45, 7) is 1.18. The second-order valence-electron chi connectivity index (χ2n) is 6.57. The van der Waals surface area contributed by atoms with Gasteiger partial charge in [-0.2, -0.15) is 0 Å². The molecule has 1 fully saturated rings. The smallest absolute Gasteiger partial charge is 0.325 e. The number of benzene rings is 2. The van der Waals surface area contributed by atoms with Crippen molar-refractivity contribution in [2.24, 2.45) is 0 Å². The van der Waals surface area contributed by atoms with Gasteiger partial charge >= 0.3 is 6.03 Å². The van der Waals surface area contributed by atoms with Crippen LogP contribution in [0.15, 0.2) is 42.5 Å². The van der Waals surface area contributed by atoms with Crippen molar-refractivity contribution in [3.05, 3.63) is 53.8 Å². The van der Waals surface area contributed by atoms with Crippen LogP contribution in [0.5, 0.6) is 11.5 Å². The van der Waals surface area contributed by atoms with E-state index in [1.54, 1.807) is 25.1 Å². The van der Waals surface area contributed by atoms with Crippen molar-refractivity contribution in [1.82, 2.24) is 10.2 Å². The number of halogens is 1. The largest absolute Gasteiger partial charge is 0.454 e. The number of hydrogen-bond acceptors (Lipinski definition) is 5. The monoisotopic (exact) mass is 385 g/mol. The summed E-state index contributed by atoms with van der Waals surface area (Å²) in [6, 6.07) is 9.42. The Morgan fingerprint density at radius 3 is 2.64 bits per heavy atom. The van der Waals surface area contributed by atoms with Gasteiger partial charge < -0.3 is 20.1 Å². The SMILES string of the molecule is C[C@@]1(c2ccc3c(c2)OCO3)NC(=O)N(CC(=O)Nc2ccc(F)cc2)C1=O. The fraction of sp³-hybridized carbons (Fsp3) is 0.211. The molecule has 2 aliphatic heterocycles. The van der Waals surface area contributed by atoms with Crippen LogP contribution >= 0.6 is 0 Å². The molecule has 28 heavy (non-hydrogen) atoms. The number of amides is 4. The summed E-state index contributed by atoms with van der Waals surface area (Å²) in [7, 11) is 0. The number of ether oxygens (including phenoxy) is 2. The Kier molecular flexibility index (Phi) is 4.14. The maximum atomic E-state index is 12.9. The van der Waals surface area contributed by atoms with E-state index in [0.717, 1.165) is 4.90 Å². The number of imide groups is 1. The molecular formula is C19H16FN3O5. The number of anilines is 1. The van der Waals surface area contributed by atoms with Crippen molar-refractivity contribution >= 4 is 23.5 Å². The Hall–Kier alpha value is -3.62. The number of rotatable bonds is 4. The molecule has 0 aliphatic carbocycles. The number of carbonyl (C=O) groups is 3. The van der Waals surface area contributed by atoms with E-state index in [1.807, 2.05) is 0 Å². The molecule has 2 aromatic rings. The second kappa shape index (κ2) is 6.52. The van der Waals surface area contributed by atoms with Crippen molar-refractivity contribution in [3.63, 3.8) is 0 Å². The Labute approximate surface area is 159 Å². The molecule has 0 bridgehead atoms. The summed E-state index contributed by atoms with van der Waals surface area (Å²) in [5, 5.41) is 5.15. The van der Waals surface area contributed by atoms with Gasteiger partial charge in [-0.3, -0.25) is 14.5 Å². The highest BCUT2D eigenvalue weighted by Gasteiger charge is 2.49. The predicted molar refractivity (Wildman–Crippen MR) is 95.2 cm³/mol. The fourth-order valence-electron chi connectivity index (χ4n) is 3.12. The van der Waals surface area contributed by atoms with Gasteiger partial charge in [0.1, 0.15) is 17.9 Å². The lowest BCUT2D eigenvalue weighted by Gasteiger charge is -2.22. The van der Waals surface area contributed by atoms with Crippen molar-refractivity contribution in [3.8, 4) is 11.5 Å². The Morgan fingerprint density at radius 2 is 1.89 bits per heavy atom. The van der Waals surface area contributed by atoms with E-state index in [-0.39, 0.29) is 6.79 Å². The molecule has 4 rings (SSSR count). The van der Waals surface area contributed by atoms with Crippen molar-refractivity contribution in [2.45, 2.75) is 12.5 Å². The van der Waals surface area contributed by atoms with Gasteiger partial charge in [0.2, 0.25) is 12.7 Å². The average molecular weight is 385 g/mol. The highest BCUT2D eigenvalue weighted by Crippen LogP contribution is 2.37. The minimum Gasteiger partial charge on any atom is -0.454 e. The van der Waals surface area contributed by atoms with Gasteiger partial charge in [-0.05, 0) is 48.9 Å². The summed E-state index contributed by atoms with van der Waals surface area (Å²) in [5.74, 6) is -0.546. The van der Waals surface area contributed by atoms with Gasteiger partial charge in [-0.15, -0.1) is 0 Å². The zero-order valence-corrected chi connectivity index (χ0v) is 14.8. The molecule has 1 saturated heterocycles. The third-order valence-corrected chi connectivity index (χ3v) is 4.65. The molecule has 0 unspecified atom stereocenters. The van der Waals surface area contributed by atoms with E-state index < -0.39 is 35.7 Å². The quantitative estimate of drug-likeness (QED) is 0.785. The summed E-state index contributed by atoms with van der Waals surface area (Å²) >= 11 is 0. The fourth-order valence-corrected chi connectivity index (χ4v) is 3.12. The molecule has 0 radical (unpaired) electrons. The lowest BCUT2D eigenvalue weighted by Crippen LogP contribution is -2.42. The summed E-state index contributed by atoms with van der Waals surface area (Å²) in [5.41, 5.74) is -0.470. The number of nitrogens with zero attached hydrogens (tertiary/aromatic N) is 1. The van der Waals surface area contributed by atoms with Gasteiger partial charge in [0.05, 0.1) is 0 Å². The van der Waals surface area contributed by atoms with Gasteiger partial charge in [-0.1, -0.05) is 6.07 Å². The first-order valence-electron chi connectivity index (χ1n) is 8.46. The van der Waals surface area contributed by atoms with E-state index in [0.29, 0.717) is 22.7 Å². The van der Waals surface area contributed by atoms with Crippen LogP contribution < -0.4 is 20.1 Å². The molecule has 2 aromatic carbocycles. The van der Waals surface area contributed by atoms with Crippen LogP contribution in [-0.4, -0.2) is 36.1 Å². The summed E-state index contributed by atoms with van der Waals surface area (Å²) in [4.78, 5) is 38.3. The zero-order valence-electron chi connectivity index (χ0n) is 14.8. The van der Waals surface area contributed by atoms with Crippen LogP contribution in [0.1, 0.15) is 12.5 Å². The molecule has 2 aliphatic rings. The lowest BCUT2D eigenvalue weighted by molar-refractivity contribution is -0.133. The lowest BCUT2D eigenvalue weighted by atomic mass is 9.91. The van der Waals surface area contributed by atoms with E-state index >= 15 is 0 Å². The van der Waals surface area contributed by atoms with Crippen LogP contribution in [0.25, 0.3) is 0 Å². The van der Waals surface area contributed by atoms with Gasteiger partial charge in [0, 0.05) is 5.69 Å². The molecule has 144 valence electrons. The third-order valence-electron chi connectivity index (χ3n) is 4.65. The minimum atomic E-state index is -1.34. The highest BCUT2D eigenvalue weighted by atomic mass is 19.1.